The summed E-state index contributed by atoms with van der Waals surface area (Å²) < 4.78 is 39.8. The number of alkyl halides is 5. The van der Waals surface area contributed by atoms with Crippen LogP contribution in [0.15, 0.2) is 12.1 Å². The van der Waals surface area contributed by atoms with Gasteiger partial charge in [-0.25, -0.2) is 0 Å². The van der Waals surface area contributed by atoms with Crippen LogP contribution >= 0.6 is 43.5 Å². The van der Waals surface area contributed by atoms with Crippen molar-refractivity contribution in [2.24, 2.45) is 0 Å². The van der Waals surface area contributed by atoms with Crippen LogP contribution < -0.4 is 4.74 Å². The van der Waals surface area contributed by atoms with Gasteiger partial charge in [-0.05, 0) is 24.1 Å². The average molecular weight is 382 g/mol. The van der Waals surface area contributed by atoms with Gasteiger partial charge in [0, 0.05) is 0 Å². The molecule has 0 aliphatic rings. The van der Waals surface area contributed by atoms with E-state index in [1.54, 1.807) is 6.07 Å². The minimum absolute atomic E-state index is 0.0729. The third-order valence-electron chi connectivity index (χ3n) is 1.72. The zero-order valence-corrected chi connectivity index (χ0v) is 11.8. The van der Waals surface area contributed by atoms with Crippen LogP contribution in [-0.2, 0) is 0 Å². The van der Waals surface area contributed by atoms with Crippen molar-refractivity contribution in [2.75, 3.05) is 0 Å². The smallest absolute Gasteiger partial charge is 0.404 e. The first kappa shape index (κ1) is 14.1. The number of halogens is 6. The van der Waals surface area contributed by atoms with Crippen molar-refractivity contribution in [3.8, 4) is 5.75 Å². The first-order valence-corrected chi connectivity index (χ1v) is 6.25. The van der Waals surface area contributed by atoms with Crippen molar-refractivity contribution in [2.45, 2.75) is 17.0 Å². The number of rotatable bonds is 2. The van der Waals surface area contributed by atoms with Gasteiger partial charge in [-0.1, -0.05) is 49.5 Å². The van der Waals surface area contributed by atoms with E-state index in [9.17, 15) is 13.2 Å². The largest absolute Gasteiger partial charge is 0.573 e. The van der Waals surface area contributed by atoms with Gasteiger partial charge in [-0.2, -0.15) is 0 Å². The molecule has 1 aromatic carbocycles. The molecule has 1 rings (SSSR count). The van der Waals surface area contributed by atoms with E-state index in [1.807, 2.05) is 0 Å². The van der Waals surface area contributed by atoms with E-state index in [0.29, 0.717) is 5.56 Å². The lowest BCUT2D eigenvalue weighted by Crippen LogP contribution is -2.18. The summed E-state index contributed by atoms with van der Waals surface area (Å²) in [4.78, 5) is 0. The SMILES string of the molecule is Cc1cc(C(Br)Br)cc(Cl)c1OC(F)(F)F. The number of hydrogen-bond acceptors (Lipinski definition) is 1. The standard InChI is InChI=1S/C9H6Br2ClF3O/c1-4-2-5(8(10)11)3-6(12)7(4)16-9(13,14)15/h2-3,8H,1H3. The quantitative estimate of drug-likeness (QED) is 0.628. The van der Waals surface area contributed by atoms with Crippen LogP contribution in [0, 0.1) is 6.92 Å². The molecular weight excluding hydrogens is 376 g/mol. The topological polar surface area (TPSA) is 9.23 Å². The molecule has 7 heteroatoms. The molecule has 0 spiro atoms. The second kappa shape index (κ2) is 5.14. The Bertz CT molecular complexity index is 370. The van der Waals surface area contributed by atoms with E-state index < -0.39 is 6.36 Å². The summed E-state index contributed by atoms with van der Waals surface area (Å²) in [5, 5.41) is -0.0729. The monoisotopic (exact) mass is 380 g/mol. The Balaban J connectivity index is 3.13. The highest BCUT2D eigenvalue weighted by Gasteiger charge is 2.33. The Morgan fingerprint density at radius 1 is 1.31 bits per heavy atom. The fourth-order valence-corrected chi connectivity index (χ4v) is 1.97. The predicted octanol–water partition coefficient (Wildman–Crippen LogP) is 5.34. The van der Waals surface area contributed by atoms with Gasteiger partial charge in [0.2, 0.25) is 0 Å². The molecule has 0 N–H and O–H groups in total. The fourth-order valence-electron chi connectivity index (χ4n) is 1.13. The van der Waals surface area contributed by atoms with Crippen molar-refractivity contribution in [3.05, 3.63) is 28.3 Å². The van der Waals surface area contributed by atoms with Crippen molar-refractivity contribution < 1.29 is 17.9 Å². The molecule has 1 aromatic rings. The minimum atomic E-state index is -4.74. The maximum atomic E-state index is 12.1. The zero-order valence-electron chi connectivity index (χ0n) is 7.91. The zero-order chi connectivity index (χ0) is 12.5. The summed E-state index contributed by atoms with van der Waals surface area (Å²) in [6, 6.07) is 2.96. The Hall–Kier alpha value is 0.0600. The van der Waals surface area contributed by atoms with E-state index in [4.69, 9.17) is 11.6 Å². The molecule has 0 fully saturated rings. The molecule has 0 aliphatic carbocycles. The van der Waals surface area contributed by atoms with Gasteiger partial charge in [-0.15, -0.1) is 13.2 Å². The summed E-state index contributed by atoms with van der Waals surface area (Å²) in [5.74, 6) is -0.362. The van der Waals surface area contributed by atoms with Crippen LogP contribution in [0.3, 0.4) is 0 Å². The molecule has 0 saturated carbocycles. The third-order valence-corrected chi connectivity index (χ3v) is 3.06. The van der Waals surface area contributed by atoms with Gasteiger partial charge in [0.25, 0.3) is 0 Å². The van der Waals surface area contributed by atoms with E-state index in [2.05, 4.69) is 36.6 Å². The molecule has 1 nitrogen and oxygen atoms in total. The molecule has 0 atom stereocenters. The normalized spacial score (nSPS) is 12.0. The van der Waals surface area contributed by atoms with Crippen LogP contribution in [0.1, 0.15) is 14.9 Å². The first-order valence-electron chi connectivity index (χ1n) is 4.04. The number of benzene rings is 1. The fraction of sp³-hybridized carbons (Fsp3) is 0.333. The van der Waals surface area contributed by atoms with E-state index in [1.165, 1.54) is 13.0 Å². The summed E-state index contributed by atoms with van der Waals surface area (Å²) >= 11 is 12.2. The van der Waals surface area contributed by atoms with E-state index in [-0.39, 0.29) is 14.5 Å². The molecule has 90 valence electrons. The van der Waals surface area contributed by atoms with Gasteiger partial charge < -0.3 is 4.74 Å². The highest BCUT2D eigenvalue weighted by Crippen LogP contribution is 2.38. The van der Waals surface area contributed by atoms with Crippen LogP contribution in [0.4, 0.5) is 13.2 Å². The summed E-state index contributed by atoms with van der Waals surface area (Å²) in [5.41, 5.74) is 1.04. The molecule has 0 unspecified atom stereocenters. The number of aryl methyl sites for hydroxylation is 1. The van der Waals surface area contributed by atoms with Crippen LogP contribution in [0.2, 0.25) is 5.02 Å². The summed E-state index contributed by atoms with van der Waals surface area (Å²) in [7, 11) is 0. The first-order chi connectivity index (χ1) is 7.20. The van der Waals surface area contributed by atoms with Crippen molar-refractivity contribution in [1.29, 1.82) is 0 Å². The number of ether oxygens (including phenoxy) is 1. The highest BCUT2D eigenvalue weighted by molar-refractivity contribution is 9.24. The molecule has 16 heavy (non-hydrogen) atoms. The molecule has 0 amide bonds. The highest BCUT2D eigenvalue weighted by atomic mass is 79.9. The van der Waals surface area contributed by atoms with Gasteiger partial charge in [-0.3, -0.25) is 0 Å². The van der Waals surface area contributed by atoms with Crippen LogP contribution in [-0.4, -0.2) is 6.36 Å². The van der Waals surface area contributed by atoms with Gasteiger partial charge in [0.1, 0.15) is 0 Å². The maximum absolute atomic E-state index is 12.1. The molecule has 0 bridgehead atoms. The second-order valence-electron chi connectivity index (χ2n) is 3.00. The van der Waals surface area contributed by atoms with Crippen LogP contribution in [0.25, 0.3) is 0 Å². The lowest BCUT2D eigenvalue weighted by molar-refractivity contribution is -0.274. The summed E-state index contributed by atoms with van der Waals surface area (Å²) in [6.07, 6.45) is -4.74. The van der Waals surface area contributed by atoms with Gasteiger partial charge in [0.15, 0.2) is 5.75 Å². The van der Waals surface area contributed by atoms with Crippen molar-refractivity contribution in [3.63, 3.8) is 0 Å². The van der Waals surface area contributed by atoms with Crippen LogP contribution in [0.5, 0.6) is 5.75 Å². The Kier molecular flexibility index (Phi) is 4.54. The lowest BCUT2D eigenvalue weighted by atomic mass is 10.1. The molecule has 0 aromatic heterocycles. The Labute approximate surface area is 112 Å². The van der Waals surface area contributed by atoms with E-state index in [0.717, 1.165) is 5.56 Å². The average Bonchev–Trinajstić information content (AvgIpc) is 2.09. The summed E-state index contributed by atoms with van der Waals surface area (Å²) in [6.45, 7) is 1.50. The molecular formula is C9H6Br2ClF3O. The second-order valence-corrected chi connectivity index (χ2v) is 6.46. The molecule has 0 aliphatic heterocycles. The maximum Gasteiger partial charge on any atom is 0.573 e. The molecule has 0 heterocycles. The third kappa shape index (κ3) is 3.82. The van der Waals surface area contributed by atoms with E-state index >= 15 is 0 Å². The number of hydrogen-bond donors (Lipinski definition) is 0. The lowest BCUT2D eigenvalue weighted by Gasteiger charge is -2.14. The van der Waals surface area contributed by atoms with Gasteiger partial charge in [0.05, 0.1) is 8.76 Å². The molecule has 0 saturated heterocycles. The van der Waals surface area contributed by atoms with Gasteiger partial charge >= 0.3 is 6.36 Å². The van der Waals surface area contributed by atoms with Crippen molar-refractivity contribution >= 4 is 43.5 Å². The Morgan fingerprint density at radius 2 is 1.88 bits per heavy atom. The molecule has 0 radical (unpaired) electrons. The van der Waals surface area contributed by atoms with Crippen molar-refractivity contribution in [1.82, 2.24) is 0 Å². The predicted molar refractivity (Wildman–Crippen MR) is 63.5 cm³/mol. The minimum Gasteiger partial charge on any atom is -0.404 e. The Morgan fingerprint density at radius 3 is 2.25 bits per heavy atom.